The summed E-state index contributed by atoms with van der Waals surface area (Å²) in [6, 6.07) is 7.54. The number of amidine groups is 1. The van der Waals surface area contributed by atoms with E-state index in [0.29, 0.717) is 17.0 Å². The van der Waals surface area contributed by atoms with Gasteiger partial charge in [-0.15, -0.1) is 12.4 Å². The fraction of sp³-hybridized carbons (Fsp3) is 0.300. The van der Waals surface area contributed by atoms with Gasteiger partial charge in [0.05, 0.1) is 6.04 Å². The molecule has 0 saturated carbocycles. The number of thioether (sulfide) groups is 1. The maximum Gasteiger partial charge on any atom is 0.154 e. The van der Waals surface area contributed by atoms with Gasteiger partial charge in [-0.05, 0) is 24.1 Å². The van der Waals surface area contributed by atoms with Gasteiger partial charge >= 0.3 is 0 Å². The lowest BCUT2D eigenvalue weighted by Gasteiger charge is -2.05. The Morgan fingerprint density at radius 2 is 2.07 bits per heavy atom. The van der Waals surface area contributed by atoms with Crippen molar-refractivity contribution < 1.29 is 5.11 Å². The summed E-state index contributed by atoms with van der Waals surface area (Å²) in [6.07, 6.45) is 0.897. The van der Waals surface area contributed by atoms with Crippen molar-refractivity contribution in [3.63, 3.8) is 0 Å². The van der Waals surface area contributed by atoms with Crippen molar-refractivity contribution >= 4 is 29.3 Å². The third-order valence-electron chi connectivity index (χ3n) is 2.14. The number of benzene rings is 1. The molecule has 2 rings (SSSR count). The molecule has 3 N–H and O–H groups in total. The van der Waals surface area contributed by atoms with Gasteiger partial charge in [-0.3, -0.25) is 4.99 Å². The van der Waals surface area contributed by atoms with Crippen LogP contribution in [0.3, 0.4) is 0 Å². The van der Waals surface area contributed by atoms with Crippen molar-refractivity contribution in [3.05, 3.63) is 29.8 Å². The predicted molar refractivity (Wildman–Crippen MR) is 66.9 cm³/mol. The molecule has 0 fully saturated rings. The zero-order chi connectivity index (χ0) is 9.97. The Kier molecular flexibility index (Phi) is 4.29. The van der Waals surface area contributed by atoms with Gasteiger partial charge in [-0.25, -0.2) is 0 Å². The molecule has 0 radical (unpaired) electrons. The highest BCUT2D eigenvalue weighted by Crippen LogP contribution is 2.19. The minimum atomic E-state index is 0. The molecule has 0 saturated heterocycles. The zero-order valence-corrected chi connectivity index (χ0v) is 9.72. The lowest BCUT2D eigenvalue weighted by molar-refractivity contribution is 0.475. The van der Waals surface area contributed by atoms with Crippen LogP contribution in [0.15, 0.2) is 29.3 Å². The van der Waals surface area contributed by atoms with E-state index in [2.05, 4.69) is 4.99 Å². The summed E-state index contributed by atoms with van der Waals surface area (Å²) in [4.78, 5) is 4.30. The van der Waals surface area contributed by atoms with Crippen LogP contribution >= 0.6 is 24.2 Å². The molecule has 1 aliphatic heterocycles. The van der Waals surface area contributed by atoms with Crippen LogP contribution in [0.4, 0.5) is 0 Å². The summed E-state index contributed by atoms with van der Waals surface area (Å²) in [5.74, 6) is 1.27. The molecule has 1 heterocycles. The van der Waals surface area contributed by atoms with Crippen molar-refractivity contribution in [2.75, 3.05) is 5.75 Å². The second-order valence-corrected chi connectivity index (χ2v) is 4.34. The van der Waals surface area contributed by atoms with E-state index in [0.717, 1.165) is 12.2 Å². The molecule has 0 aliphatic carbocycles. The van der Waals surface area contributed by atoms with Crippen LogP contribution < -0.4 is 5.73 Å². The number of halogens is 1. The van der Waals surface area contributed by atoms with Gasteiger partial charge in [0.25, 0.3) is 0 Å². The highest BCUT2D eigenvalue weighted by Gasteiger charge is 2.16. The molecule has 1 atom stereocenters. The summed E-state index contributed by atoms with van der Waals surface area (Å²) in [6.45, 7) is 0. The number of aromatic hydroxyl groups is 1. The number of aliphatic imine (C=N–C) groups is 1. The Bertz CT molecular complexity index is 353. The van der Waals surface area contributed by atoms with Crippen LogP contribution in [0.2, 0.25) is 0 Å². The normalized spacial score (nSPS) is 19.5. The van der Waals surface area contributed by atoms with Gasteiger partial charge in [0.2, 0.25) is 0 Å². The Hall–Kier alpha value is -0.870. The highest BCUT2D eigenvalue weighted by atomic mass is 35.5. The smallest absolute Gasteiger partial charge is 0.154 e. The molecule has 0 aromatic heterocycles. The number of hydrogen-bond donors (Lipinski definition) is 2. The molecule has 0 unspecified atom stereocenters. The van der Waals surface area contributed by atoms with Crippen LogP contribution in [0.25, 0.3) is 0 Å². The van der Waals surface area contributed by atoms with Crippen molar-refractivity contribution in [1.82, 2.24) is 0 Å². The minimum Gasteiger partial charge on any atom is -0.508 e. The van der Waals surface area contributed by atoms with E-state index in [-0.39, 0.29) is 12.4 Å². The van der Waals surface area contributed by atoms with Crippen molar-refractivity contribution in [2.24, 2.45) is 10.7 Å². The quantitative estimate of drug-likeness (QED) is 0.834. The van der Waals surface area contributed by atoms with E-state index in [1.165, 1.54) is 5.56 Å². The molecule has 1 aromatic carbocycles. The SMILES string of the molecule is Cl.NC1=N[C@H](Cc2ccc(O)cc2)CS1. The first-order valence-corrected chi connectivity index (χ1v) is 5.46. The van der Waals surface area contributed by atoms with E-state index in [9.17, 15) is 0 Å². The molecule has 1 aliphatic rings. The summed E-state index contributed by atoms with van der Waals surface area (Å²) in [5, 5.41) is 9.80. The number of rotatable bonds is 2. The average Bonchev–Trinajstić information content (AvgIpc) is 2.56. The van der Waals surface area contributed by atoms with Gasteiger partial charge in [-0.1, -0.05) is 23.9 Å². The summed E-state index contributed by atoms with van der Waals surface area (Å²) in [7, 11) is 0. The molecule has 82 valence electrons. The first-order chi connectivity index (χ1) is 6.74. The molecular formula is C10H13ClN2OS. The van der Waals surface area contributed by atoms with Gasteiger partial charge < -0.3 is 10.8 Å². The number of phenols is 1. The second-order valence-electron chi connectivity index (χ2n) is 3.30. The molecule has 15 heavy (non-hydrogen) atoms. The Labute approximate surface area is 99.2 Å². The molecular weight excluding hydrogens is 232 g/mol. The predicted octanol–water partition coefficient (Wildman–Crippen LogP) is 1.79. The summed E-state index contributed by atoms with van der Waals surface area (Å²) in [5.41, 5.74) is 6.76. The van der Waals surface area contributed by atoms with E-state index in [1.807, 2.05) is 12.1 Å². The number of nitrogens with two attached hydrogens (primary N) is 1. The lowest BCUT2D eigenvalue weighted by Crippen LogP contribution is -2.08. The zero-order valence-electron chi connectivity index (χ0n) is 8.09. The van der Waals surface area contributed by atoms with Gasteiger partial charge in [0, 0.05) is 5.75 Å². The van der Waals surface area contributed by atoms with Crippen LogP contribution in [0, 0.1) is 0 Å². The average molecular weight is 245 g/mol. The molecule has 0 amide bonds. The maximum absolute atomic E-state index is 9.11. The fourth-order valence-electron chi connectivity index (χ4n) is 1.44. The van der Waals surface area contributed by atoms with Crippen LogP contribution in [0.1, 0.15) is 5.56 Å². The molecule has 5 heteroatoms. The Balaban J connectivity index is 0.00000112. The van der Waals surface area contributed by atoms with Crippen LogP contribution in [-0.4, -0.2) is 22.1 Å². The number of phenolic OH excluding ortho intramolecular Hbond substituents is 1. The molecule has 1 aromatic rings. The monoisotopic (exact) mass is 244 g/mol. The number of nitrogens with zero attached hydrogens (tertiary/aromatic N) is 1. The second kappa shape index (κ2) is 5.28. The topological polar surface area (TPSA) is 58.6 Å². The Morgan fingerprint density at radius 1 is 1.40 bits per heavy atom. The third-order valence-corrected chi connectivity index (χ3v) is 3.09. The standard InChI is InChI=1S/C10H12N2OS.ClH/c11-10-12-8(6-14-10)5-7-1-3-9(13)4-2-7;/h1-4,8,13H,5-6H2,(H2,11,12);1H/t8-;/m1./s1. The van der Waals surface area contributed by atoms with Crippen LogP contribution in [-0.2, 0) is 6.42 Å². The molecule has 3 nitrogen and oxygen atoms in total. The summed E-state index contributed by atoms with van der Waals surface area (Å²) < 4.78 is 0. The third kappa shape index (κ3) is 3.32. The van der Waals surface area contributed by atoms with Gasteiger partial charge in [0.1, 0.15) is 5.75 Å². The van der Waals surface area contributed by atoms with E-state index >= 15 is 0 Å². The van der Waals surface area contributed by atoms with E-state index in [4.69, 9.17) is 10.8 Å². The minimum absolute atomic E-state index is 0. The molecule has 0 spiro atoms. The summed E-state index contributed by atoms with van der Waals surface area (Å²) >= 11 is 1.61. The highest BCUT2D eigenvalue weighted by molar-refractivity contribution is 8.14. The van der Waals surface area contributed by atoms with Gasteiger partial charge in [0.15, 0.2) is 5.17 Å². The van der Waals surface area contributed by atoms with E-state index < -0.39 is 0 Å². The van der Waals surface area contributed by atoms with Crippen LogP contribution in [0.5, 0.6) is 5.75 Å². The number of hydrogen-bond acceptors (Lipinski definition) is 4. The lowest BCUT2D eigenvalue weighted by atomic mass is 10.1. The van der Waals surface area contributed by atoms with Crippen molar-refractivity contribution in [1.29, 1.82) is 0 Å². The first kappa shape index (κ1) is 12.2. The Morgan fingerprint density at radius 3 is 2.60 bits per heavy atom. The van der Waals surface area contributed by atoms with Crippen molar-refractivity contribution in [3.8, 4) is 5.75 Å². The maximum atomic E-state index is 9.11. The first-order valence-electron chi connectivity index (χ1n) is 4.48. The van der Waals surface area contributed by atoms with E-state index in [1.54, 1.807) is 23.9 Å². The fourth-order valence-corrected chi connectivity index (χ4v) is 2.22. The van der Waals surface area contributed by atoms with Crippen molar-refractivity contribution in [2.45, 2.75) is 12.5 Å². The molecule has 0 bridgehead atoms. The largest absolute Gasteiger partial charge is 0.508 e. The van der Waals surface area contributed by atoms with Gasteiger partial charge in [-0.2, -0.15) is 0 Å².